The van der Waals surface area contributed by atoms with Gasteiger partial charge in [-0.2, -0.15) is 0 Å². The maximum absolute atomic E-state index is 16.1. The molecule has 1 fully saturated rings. The van der Waals surface area contributed by atoms with E-state index >= 15 is 8.78 Å². The van der Waals surface area contributed by atoms with E-state index in [4.69, 9.17) is 0 Å². The van der Waals surface area contributed by atoms with E-state index in [9.17, 15) is 18.4 Å². The fraction of sp³-hybridized carbons (Fsp3) is 0.419. The number of fused-ring (bicyclic) bond motifs is 1. The molecule has 10 heteroatoms. The number of hydrogen-bond donors (Lipinski definition) is 2. The third kappa shape index (κ3) is 5.37. The van der Waals surface area contributed by atoms with Gasteiger partial charge in [-0.05, 0) is 54.3 Å². The lowest BCUT2D eigenvalue weighted by Crippen LogP contribution is -2.44. The van der Waals surface area contributed by atoms with Crippen LogP contribution in [0, 0.1) is 17.6 Å². The summed E-state index contributed by atoms with van der Waals surface area (Å²) in [7, 11) is 3.14. The van der Waals surface area contributed by atoms with Crippen molar-refractivity contribution in [1.82, 2.24) is 20.1 Å². The highest BCUT2D eigenvalue weighted by Crippen LogP contribution is 2.41. The number of aromatic nitrogens is 1. The Morgan fingerprint density at radius 1 is 1.07 bits per heavy atom. The highest BCUT2D eigenvalue weighted by atomic mass is 19.3. The van der Waals surface area contributed by atoms with Gasteiger partial charge in [0, 0.05) is 49.6 Å². The fourth-order valence-corrected chi connectivity index (χ4v) is 5.78. The van der Waals surface area contributed by atoms with E-state index in [1.165, 1.54) is 29.2 Å². The molecule has 0 bridgehead atoms. The Morgan fingerprint density at radius 3 is 2.49 bits per heavy atom. The molecule has 0 aliphatic carbocycles. The summed E-state index contributed by atoms with van der Waals surface area (Å²) in [4.78, 5) is 31.4. The number of piperidine rings is 1. The molecule has 2 aromatic carbocycles. The highest BCUT2D eigenvalue weighted by Gasteiger charge is 2.42. The minimum absolute atomic E-state index is 0.0317. The zero-order valence-electron chi connectivity index (χ0n) is 23.6. The molecule has 0 radical (unpaired) electrons. The number of alkyl halides is 2. The van der Waals surface area contributed by atoms with Gasteiger partial charge in [0.2, 0.25) is 5.91 Å². The summed E-state index contributed by atoms with van der Waals surface area (Å²) in [6.07, 6.45) is 2.57. The Balaban J connectivity index is 1.65. The van der Waals surface area contributed by atoms with E-state index in [1.54, 1.807) is 32.8 Å². The Bertz CT molecular complexity index is 1540. The largest absolute Gasteiger partial charge is 0.348 e. The third-order valence-electron chi connectivity index (χ3n) is 7.96. The van der Waals surface area contributed by atoms with E-state index < -0.39 is 30.0 Å². The van der Waals surface area contributed by atoms with E-state index in [-0.39, 0.29) is 58.6 Å². The molecule has 5 rings (SSSR count). The van der Waals surface area contributed by atoms with Crippen LogP contribution < -0.4 is 5.32 Å². The number of nitrogens with one attached hydrogen (secondary N) is 2. The molecule has 2 aliphatic heterocycles. The summed E-state index contributed by atoms with van der Waals surface area (Å²) in [5, 5.41) is 2.97. The number of halogens is 4. The number of aromatic amines is 1. The second-order valence-electron chi connectivity index (χ2n) is 11.4. The molecule has 1 aromatic heterocycles. The molecule has 0 unspecified atom stereocenters. The zero-order chi connectivity index (χ0) is 29.6. The zero-order valence-corrected chi connectivity index (χ0v) is 23.6. The first-order valence-electron chi connectivity index (χ1n) is 13.8. The van der Waals surface area contributed by atoms with Crippen molar-refractivity contribution < 1.29 is 27.2 Å². The first kappa shape index (κ1) is 28.9. The molecule has 2 amide bonds. The van der Waals surface area contributed by atoms with E-state index in [2.05, 4.69) is 10.3 Å². The molecule has 1 atom stereocenters. The van der Waals surface area contributed by atoms with E-state index in [0.29, 0.717) is 36.0 Å². The van der Waals surface area contributed by atoms with Crippen LogP contribution in [0.5, 0.6) is 0 Å². The molecule has 3 heterocycles. The van der Waals surface area contributed by atoms with Gasteiger partial charge >= 0.3 is 0 Å². The number of carbonyl (C=O) groups is 2. The number of nitrogens with zero attached hydrogens (tertiary/aromatic N) is 2. The molecule has 2 aliphatic rings. The Morgan fingerprint density at radius 2 is 1.83 bits per heavy atom. The molecule has 218 valence electrons. The molecular weight excluding hydrogens is 536 g/mol. The Hall–Kier alpha value is -3.66. The Labute approximate surface area is 236 Å². The van der Waals surface area contributed by atoms with Crippen LogP contribution in [-0.4, -0.2) is 72.8 Å². The van der Waals surface area contributed by atoms with Gasteiger partial charge < -0.3 is 20.1 Å². The summed E-state index contributed by atoms with van der Waals surface area (Å²) < 4.78 is 61.1. The van der Waals surface area contributed by atoms with Crippen LogP contribution in [-0.2, 0) is 4.79 Å². The number of rotatable bonds is 5. The lowest BCUT2D eigenvalue weighted by atomic mass is 9.85. The predicted molar refractivity (Wildman–Crippen MR) is 151 cm³/mol. The van der Waals surface area contributed by atoms with Crippen LogP contribution in [0.25, 0.3) is 27.6 Å². The summed E-state index contributed by atoms with van der Waals surface area (Å²) in [5.41, 5.74) is 1.55. The van der Waals surface area contributed by atoms with Gasteiger partial charge in [0.25, 0.3) is 11.8 Å². The summed E-state index contributed by atoms with van der Waals surface area (Å²) in [6, 6.07) is 7.09. The van der Waals surface area contributed by atoms with Crippen molar-refractivity contribution in [3.8, 4) is 11.1 Å². The van der Waals surface area contributed by atoms with E-state index in [0.717, 1.165) is 6.07 Å². The maximum atomic E-state index is 16.1. The highest BCUT2D eigenvalue weighted by molar-refractivity contribution is 6.04. The van der Waals surface area contributed by atoms with Crippen LogP contribution >= 0.6 is 0 Å². The number of amides is 2. The smallest absolute Gasteiger partial charge is 0.269 e. The van der Waals surface area contributed by atoms with Crippen LogP contribution in [0.2, 0.25) is 0 Å². The molecule has 0 spiro atoms. The van der Waals surface area contributed by atoms with Crippen molar-refractivity contribution in [2.75, 3.05) is 40.3 Å². The van der Waals surface area contributed by atoms with Gasteiger partial charge in [-0.3, -0.25) is 9.59 Å². The van der Waals surface area contributed by atoms with Gasteiger partial charge in [-0.15, -0.1) is 0 Å². The van der Waals surface area contributed by atoms with Crippen LogP contribution in [0.1, 0.15) is 54.2 Å². The second-order valence-corrected chi connectivity index (χ2v) is 11.4. The van der Waals surface area contributed by atoms with Crippen LogP contribution in [0.3, 0.4) is 0 Å². The maximum Gasteiger partial charge on any atom is 0.269 e. The van der Waals surface area contributed by atoms with E-state index in [1.807, 2.05) is 6.08 Å². The minimum Gasteiger partial charge on any atom is -0.348 e. The SMILES string of the molecule is CC(C)C(=O)N1CCC=C(c2cc(-c3ccc([C@@H]4CCNCC4(F)F)cc3F)c3cc(C(=O)N(C)C)[nH]c3c2F)C1. The topological polar surface area (TPSA) is 68.4 Å². The van der Waals surface area contributed by atoms with Crippen molar-refractivity contribution >= 4 is 28.3 Å². The molecule has 41 heavy (non-hydrogen) atoms. The van der Waals surface area contributed by atoms with Gasteiger partial charge in [0.1, 0.15) is 11.5 Å². The van der Waals surface area contributed by atoms with Gasteiger partial charge in [0.15, 0.2) is 5.82 Å². The summed E-state index contributed by atoms with van der Waals surface area (Å²) in [5.74, 6) is -6.12. The Kier molecular flexibility index (Phi) is 7.72. The normalized spacial score (nSPS) is 19.0. The van der Waals surface area contributed by atoms with Crippen molar-refractivity contribution in [2.24, 2.45) is 5.92 Å². The molecule has 3 aromatic rings. The second kappa shape index (κ2) is 11.0. The van der Waals surface area contributed by atoms with Crippen molar-refractivity contribution in [1.29, 1.82) is 0 Å². The van der Waals surface area contributed by atoms with Crippen LogP contribution in [0.15, 0.2) is 36.4 Å². The fourth-order valence-electron chi connectivity index (χ4n) is 5.78. The lowest BCUT2D eigenvalue weighted by molar-refractivity contribution is -0.133. The molecule has 6 nitrogen and oxygen atoms in total. The third-order valence-corrected chi connectivity index (χ3v) is 7.96. The first-order valence-corrected chi connectivity index (χ1v) is 13.8. The number of carbonyl (C=O) groups excluding carboxylic acids is 2. The summed E-state index contributed by atoms with van der Waals surface area (Å²) >= 11 is 0. The van der Waals surface area contributed by atoms with Gasteiger partial charge in [-0.25, -0.2) is 17.6 Å². The monoisotopic (exact) mass is 570 g/mol. The number of benzene rings is 2. The molecular formula is C31H34F4N4O2. The average molecular weight is 571 g/mol. The predicted octanol–water partition coefficient (Wildman–Crippen LogP) is 5.80. The first-order chi connectivity index (χ1) is 19.4. The molecule has 1 saturated heterocycles. The lowest BCUT2D eigenvalue weighted by Gasteiger charge is -2.32. The summed E-state index contributed by atoms with van der Waals surface area (Å²) in [6.45, 7) is 4.25. The number of hydrogen-bond acceptors (Lipinski definition) is 3. The van der Waals surface area contributed by atoms with Crippen molar-refractivity contribution in [2.45, 2.75) is 38.5 Å². The molecule has 0 saturated carbocycles. The van der Waals surface area contributed by atoms with Gasteiger partial charge in [-0.1, -0.05) is 32.1 Å². The number of H-pyrrole nitrogens is 1. The minimum atomic E-state index is -3.02. The molecule has 2 N–H and O–H groups in total. The quantitative estimate of drug-likeness (QED) is 0.381. The van der Waals surface area contributed by atoms with Crippen molar-refractivity contribution in [3.05, 3.63) is 64.9 Å². The van der Waals surface area contributed by atoms with Crippen LogP contribution in [0.4, 0.5) is 17.6 Å². The van der Waals surface area contributed by atoms with Gasteiger partial charge in [0.05, 0.1) is 18.0 Å². The average Bonchev–Trinajstić information content (AvgIpc) is 3.38. The van der Waals surface area contributed by atoms with Crippen molar-refractivity contribution in [3.63, 3.8) is 0 Å². The standard InChI is InChI=1S/C31H34F4N4O2/c1-17(2)29(40)39-11-5-6-19(15-39)21-13-22(23-14-26(30(41)38(3)4)37-28(23)27(21)33)20-8-7-18(12-25(20)32)24-9-10-36-16-31(24,34)35/h6-8,12-14,17,24,36-37H,5,9-11,15-16H2,1-4H3/t24-/m0/s1.